The highest BCUT2D eigenvalue weighted by atomic mass is 32.2. The van der Waals surface area contributed by atoms with Crippen LogP contribution in [-0.2, 0) is 10.0 Å². The lowest BCUT2D eigenvalue weighted by molar-refractivity contribution is 0.567. The van der Waals surface area contributed by atoms with E-state index in [-0.39, 0.29) is 10.9 Å². The number of nitrogens with zero attached hydrogens (tertiary/aromatic N) is 1. The average Bonchev–Trinajstić information content (AvgIpc) is 2.86. The molecule has 114 valence electrons. The van der Waals surface area contributed by atoms with Crippen LogP contribution in [0.5, 0.6) is 0 Å². The van der Waals surface area contributed by atoms with Crippen molar-refractivity contribution in [2.24, 2.45) is 0 Å². The molecular weight excluding hydrogens is 298 g/mol. The van der Waals surface area contributed by atoms with Crippen molar-refractivity contribution in [3.63, 3.8) is 0 Å². The molecule has 0 fully saturated rings. The van der Waals surface area contributed by atoms with Crippen LogP contribution in [0, 0.1) is 6.92 Å². The second-order valence-corrected chi connectivity index (χ2v) is 6.97. The Morgan fingerprint density at radius 2 is 1.86 bits per heavy atom. The van der Waals surface area contributed by atoms with Crippen LogP contribution in [0.3, 0.4) is 0 Å². The largest absolute Gasteiger partial charge is 0.342 e. The van der Waals surface area contributed by atoms with Crippen molar-refractivity contribution in [2.75, 3.05) is 0 Å². The quantitative estimate of drug-likeness (QED) is 0.777. The number of aryl methyl sites for hydroxylation is 1. The van der Waals surface area contributed by atoms with Gasteiger partial charge in [-0.05, 0) is 37.6 Å². The van der Waals surface area contributed by atoms with Gasteiger partial charge in [-0.2, -0.15) is 0 Å². The number of hydrogen-bond donors (Lipinski definition) is 2. The minimum atomic E-state index is -3.59. The van der Waals surface area contributed by atoms with Gasteiger partial charge in [0, 0.05) is 6.04 Å². The summed E-state index contributed by atoms with van der Waals surface area (Å²) in [6.45, 7) is 3.66. The summed E-state index contributed by atoms with van der Waals surface area (Å²) in [6.07, 6.45) is 0. The lowest BCUT2D eigenvalue weighted by atomic mass is 10.1. The van der Waals surface area contributed by atoms with Crippen molar-refractivity contribution in [1.29, 1.82) is 0 Å². The Morgan fingerprint density at radius 1 is 1.14 bits per heavy atom. The van der Waals surface area contributed by atoms with E-state index in [0.29, 0.717) is 5.52 Å². The topological polar surface area (TPSA) is 74.8 Å². The van der Waals surface area contributed by atoms with Gasteiger partial charge in [0.1, 0.15) is 5.82 Å². The molecular formula is C16H17N3O2S. The van der Waals surface area contributed by atoms with Gasteiger partial charge in [0.15, 0.2) is 0 Å². The van der Waals surface area contributed by atoms with Crippen LogP contribution in [-0.4, -0.2) is 18.4 Å². The molecule has 1 atom stereocenters. The molecule has 0 aliphatic heterocycles. The predicted molar refractivity (Wildman–Crippen MR) is 86.0 cm³/mol. The molecule has 5 nitrogen and oxygen atoms in total. The van der Waals surface area contributed by atoms with Crippen LogP contribution < -0.4 is 4.72 Å². The second-order valence-electron chi connectivity index (χ2n) is 5.25. The number of imidazole rings is 1. The van der Waals surface area contributed by atoms with E-state index in [2.05, 4.69) is 14.7 Å². The van der Waals surface area contributed by atoms with Crippen LogP contribution in [0.15, 0.2) is 53.4 Å². The van der Waals surface area contributed by atoms with Crippen LogP contribution in [0.1, 0.15) is 24.4 Å². The molecule has 3 aromatic rings. The van der Waals surface area contributed by atoms with E-state index in [0.717, 1.165) is 16.9 Å². The number of hydrogen-bond acceptors (Lipinski definition) is 3. The smallest absolute Gasteiger partial charge is 0.241 e. The highest BCUT2D eigenvalue weighted by molar-refractivity contribution is 7.89. The SMILES string of the molecule is Cc1nc2ccc(S(=O)(=O)NC(C)c3ccccc3)cc2[nH]1. The van der Waals surface area contributed by atoms with E-state index in [1.165, 1.54) is 0 Å². The third kappa shape index (κ3) is 2.88. The summed E-state index contributed by atoms with van der Waals surface area (Å²) in [6, 6.07) is 14.1. The third-order valence-corrected chi connectivity index (χ3v) is 5.05. The van der Waals surface area contributed by atoms with E-state index in [9.17, 15) is 8.42 Å². The van der Waals surface area contributed by atoms with Crippen molar-refractivity contribution in [3.8, 4) is 0 Å². The van der Waals surface area contributed by atoms with E-state index in [4.69, 9.17) is 0 Å². The molecule has 22 heavy (non-hydrogen) atoms. The van der Waals surface area contributed by atoms with E-state index in [1.807, 2.05) is 44.2 Å². The second kappa shape index (κ2) is 5.55. The predicted octanol–water partition coefficient (Wildman–Crippen LogP) is 2.91. The Kier molecular flexibility index (Phi) is 3.72. The first kappa shape index (κ1) is 14.7. The number of H-pyrrole nitrogens is 1. The van der Waals surface area contributed by atoms with Gasteiger partial charge in [-0.15, -0.1) is 0 Å². The molecule has 0 spiro atoms. The third-order valence-electron chi connectivity index (χ3n) is 3.51. The van der Waals surface area contributed by atoms with Crippen LogP contribution in [0.2, 0.25) is 0 Å². The zero-order chi connectivity index (χ0) is 15.7. The molecule has 0 aliphatic carbocycles. The Bertz CT molecular complexity index is 902. The summed E-state index contributed by atoms with van der Waals surface area (Å²) in [5.74, 6) is 0.759. The number of aromatic nitrogens is 2. The summed E-state index contributed by atoms with van der Waals surface area (Å²) < 4.78 is 27.7. The molecule has 6 heteroatoms. The summed E-state index contributed by atoms with van der Waals surface area (Å²) in [5.41, 5.74) is 2.39. The van der Waals surface area contributed by atoms with Crippen molar-refractivity contribution >= 4 is 21.1 Å². The molecule has 2 aromatic carbocycles. The normalized spacial score (nSPS) is 13.4. The van der Waals surface area contributed by atoms with Crippen LogP contribution in [0.4, 0.5) is 0 Å². The van der Waals surface area contributed by atoms with Crippen LogP contribution >= 0.6 is 0 Å². The number of benzene rings is 2. The summed E-state index contributed by atoms with van der Waals surface area (Å²) in [4.78, 5) is 7.55. The van der Waals surface area contributed by atoms with Gasteiger partial charge in [-0.25, -0.2) is 18.1 Å². The number of aromatic amines is 1. The number of nitrogens with one attached hydrogen (secondary N) is 2. The summed E-state index contributed by atoms with van der Waals surface area (Å²) in [5, 5.41) is 0. The van der Waals surface area contributed by atoms with Gasteiger partial charge < -0.3 is 4.98 Å². The lowest BCUT2D eigenvalue weighted by Gasteiger charge is -2.14. The van der Waals surface area contributed by atoms with Gasteiger partial charge in [-0.1, -0.05) is 30.3 Å². The summed E-state index contributed by atoms with van der Waals surface area (Å²) in [7, 11) is -3.59. The van der Waals surface area contributed by atoms with Crippen molar-refractivity contribution < 1.29 is 8.42 Å². The Hall–Kier alpha value is -2.18. The Balaban J connectivity index is 1.90. The average molecular weight is 315 g/mol. The highest BCUT2D eigenvalue weighted by Gasteiger charge is 2.19. The number of sulfonamides is 1. The van der Waals surface area contributed by atoms with E-state index in [1.54, 1.807) is 18.2 Å². The zero-order valence-corrected chi connectivity index (χ0v) is 13.2. The molecule has 1 aromatic heterocycles. The molecule has 1 heterocycles. The van der Waals surface area contributed by atoms with Gasteiger partial charge in [-0.3, -0.25) is 0 Å². The fraction of sp³-hybridized carbons (Fsp3) is 0.188. The van der Waals surface area contributed by atoms with Crippen molar-refractivity contribution in [2.45, 2.75) is 24.8 Å². The lowest BCUT2D eigenvalue weighted by Crippen LogP contribution is -2.26. The molecule has 0 radical (unpaired) electrons. The first-order valence-electron chi connectivity index (χ1n) is 6.99. The van der Waals surface area contributed by atoms with Gasteiger partial charge >= 0.3 is 0 Å². The molecule has 1 unspecified atom stereocenters. The van der Waals surface area contributed by atoms with Crippen molar-refractivity contribution in [3.05, 3.63) is 59.9 Å². The number of rotatable bonds is 4. The maximum Gasteiger partial charge on any atom is 0.241 e. The van der Waals surface area contributed by atoms with Gasteiger partial charge in [0.05, 0.1) is 15.9 Å². The Morgan fingerprint density at radius 3 is 2.59 bits per heavy atom. The minimum absolute atomic E-state index is 0.228. The highest BCUT2D eigenvalue weighted by Crippen LogP contribution is 2.20. The zero-order valence-electron chi connectivity index (χ0n) is 12.4. The first-order chi connectivity index (χ1) is 10.5. The maximum atomic E-state index is 12.5. The fourth-order valence-corrected chi connectivity index (χ4v) is 3.65. The van der Waals surface area contributed by atoms with Gasteiger partial charge in [0.2, 0.25) is 10.0 Å². The molecule has 0 saturated carbocycles. The summed E-state index contributed by atoms with van der Waals surface area (Å²) >= 11 is 0. The van der Waals surface area contributed by atoms with E-state index < -0.39 is 10.0 Å². The van der Waals surface area contributed by atoms with Crippen molar-refractivity contribution in [1.82, 2.24) is 14.7 Å². The molecule has 0 aliphatic rings. The van der Waals surface area contributed by atoms with Gasteiger partial charge in [0.25, 0.3) is 0 Å². The first-order valence-corrected chi connectivity index (χ1v) is 8.48. The molecule has 0 saturated heterocycles. The molecule has 0 amide bonds. The molecule has 0 bridgehead atoms. The Labute approximate surface area is 129 Å². The maximum absolute atomic E-state index is 12.5. The monoisotopic (exact) mass is 315 g/mol. The number of fused-ring (bicyclic) bond motifs is 1. The van der Waals surface area contributed by atoms with E-state index >= 15 is 0 Å². The molecule has 2 N–H and O–H groups in total. The fourth-order valence-electron chi connectivity index (χ4n) is 2.39. The van der Waals surface area contributed by atoms with Crippen LogP contribution in [0.25, 0.3) is 11.0 Å². The minimum Gasteiger partial charge on any atom is -0.342 e. The standard InChI is InChI=1S/C16H17N3O2S/c1-11(13-6-4-3-5-7-13)19-22(20,21)14-8-9-15-16(10-14)18-12(2)17-15/h3-11,19H,1-2H3,(H,17,18). The molecule has 3 rings (SSSR count).